The van der Waals surface area contributed by atoms with Crippen LogP contribution in [-0.2, 0) is 20.8 Å². The molecule has 0 unspecified atom stereocenters. The minimum Gasteiger partial charge on any atom is -0.408 e. The lowest BCUT2D eigenvalue weighted by molar-refractivity contribution is -0.384. The first-order chi connectivity index (χ1) is 8.65. The molecule has 2 rings (SSSR count). The molecule has 18 heavy (non-hydrogen) atoms. The molecule has 0 aliphatic carbocycles. The molecule has 1 heterocycles. The van der Waals surface area contributed by atoms with Gasteiger partial charge in [0.1, 0.15) is 6.61 Å². The normalized spacial score (nSPS) is 13.7. The van der Waals surface area contributed by atoms with Crippen LogP contribution < -0.4 is 0 Å². The summed E-state index contributed by atoms with van der Waals surface area (Å²) < 4.78 is 4.93. The number of nitrogens with zero attached hydrogens (tertiary/aromatic N) is 2. The second-order valence-electron chi connectivity index (χ2n) is 3.65. The van der Waals surface area contributed by atoms with E-state index in [1.807, 2.05) is 0 Å². The van der Waals surface area contributed by atoms with E-state index < -0.39 is 10.9 Å². The first-order valence-corrected chi connectivity index (χ1v) is 5.28. The molecule has 0 bridgehead atoms. The highest BCUT2D eigenvalue weighted by molar-refractivity contribution is 5.89. The number of benzene rings is 1. The highest BCUT2D eigenvalue weighted by atomic mass is 16.7. The van der Waals surface area contributed by atoms with Gasteiger partial charge in [-0.3, -0.25) is 14.9 Å². The number of hydrogen-bond donors (Lipinski definition) is 0. The molecular formula is C11H10N2O5. The number of carbonyl (C=O) groups is 1. The van der Waals surface area contributed by atoms with Gasteiger partial charge in [0.25, 0.3) is 5.69 Å². The van der Waals surface area contributed by atoms with Crippen LogP contribution in [0.15, 0.2) is 29.4 Å². The number of rotatable bonds is 3. The predicted molar refractivity (Wildman–Crippen MR) is 60.9 cm³/mol. The summed E-state index contributed by atoms with van der Waals surface area (Å²) in [5.74, 6) is -0.273. The molecule has 94 valence electrons. The van der Waals surface area contributed by atoms with Crippen LogP contribution in [-0.4, -0.2) is 23.4 Å². The summed E-state index contributed by atoms with van der Waals surface area (Å²) in [6, 6.07) is 5.86. The van der Waals surface area contributed by atoms with Crippen molar-refractivity contribution in [2.75, 3.05) is 6.61 Å². The summed E-state index contributed by atoms with van der Waals surface area (Å²) in [5, 5.41) is 14.1. The number of esters is 1. The minimum absolute atomic E-state index is 0.0410. The van der Waals surface area contributed by atoms with Crippen LogP contribution >= 0.6 is 0 Å². The van der Waals surface area contributed by atoms with Crippen LogP contribution in [0, 0.1) is 10.1 Å². The molecule has 0 saturated carbocycles. The maximum atomic E-state index is 11.5. The van der Waals surface area contributed by atoms with Crippen molar-refractivity contribution in [3.8, 4) is 0 Å². The van der Waals surface area contributed by atoms with Crippen molar-refractivity contribution >= 4 is 17.6 Å². The number of hydrogen-bond acceptors (Lipinski definition) is 6. The molecule has 1 aliphatic heterocycles. The first kappa shape index (κ1) is 12.0. The molecule has 0 N–H and O–H groups in total. The van der Waals surface area contributed by atoms with Crippen molar-refractivity contribution in [1.82, 2.24) is 0 Å². The van der Waals surface area contributed by atoms with Gasteiger partial charge in [0, 0.05) is 12.1 Å². The smallest absolute Gasteiger partial charge is 0.316 e. The van der Waals surface area contributed by atoms with Gasteiger partial charge in [-0.25, -0.2) is 0 Å². The summed E-state index contributed by atoms with van der Waals surface area (Å²) in [6.45, 7) is 0.402. The van der Waals surface area contributed by atoms with E-state index in [9.17, 15) is 14.9 Å². The fourth-order valence-corrected chi connectivity index (χ4v) is 1.48. The summed E-state index contributed by atoms with van der Waals surface area (Å²) in [5.41, 5.74) is 0.468. The second-order valence-corrected chi connectivity index (χ2v) is 3.65. The number of carbonyl (C=O) groups excluding carboxylic acids is 1. The lowest BCUT2D eigenvalue weighted by Crippen LogP contribution is -2.13. The highest BCUT2D eigenvalue weighted by Crippen LogP contribution is 2.14. The summed E-state index contributed by atoms with van der Waals surface area (Å²) >= 11 is 0. The number of non-ortho nitro benzene ring substituents is 1. The van der Waals surface area contributed by atoms with E-state index in [0.29, 0.717) is 18.6 Å². The molecule has 1 aliphatic rings. The Labute approximate surface area is 102 Å². The second kappa shape index (κ2) is 5.26. The third-order valence-electron chi connectivity index (χ3n) is 2.28. The van der Waals surface area contributed by atoms with Gasteiger partial charge in [-0.15, -0.1) is 0 Å². The first-order valence-electron chi connectivity index (χ1n) is 5.28. The summed E-state index contributed by atoms with van der Waals surface area (Å²) in [7, 11) is 0. The molecule has 7 heteroatoms. The molecule has 0 saturated heterocycles. The van der Waals surface area contributed by atoms with Crippen molar-refractivity contribution in [2.45, 2.75) is 12.8 Å². The van der Waals surface area contributed by atoms with Gasteiger partial charge in [-0.05, 0) is 5.56 Å². The summed E-state index contributed by atoms with van der Waals surface area (Å²) in [4.78, 5) is 26.3. The fraction of sp³-hybridized carbons (Fsp3) is 0.273. The van der Waals surface area contributed by atoms with E-state index in [1.165, 1.54) is 18.2 Å². The van der Waals surface area contributed by atoms with E-state index in [1.54, 1.807) is 6.07 Å². The van der Waals surface area contributed by atoms with Crippen molar-refractivity contribution in [3.63, 3.8) is 0 Å². The van der Waals surface area contributed by atoms with Crippen LogP contribution in [0.4, 0.5) is 5.69 Å². The van der Waals surface area contributed by atoms with E-state index in [2.05, 4.69) is 9.99 Å². The monoisotopic (exact) mass is 250 g/mol. The van der Waals surface area contributed by atoms with E-state index in [4.69, 9.17) is 4.74 Å². The van der Waals surface area contributed by atoms with Crippen molar-refractivity contribution in [1.29, 1.82) is 0 Å². The predicted octanol–water partition coefficient (Wildman–Crippen LogP) is 1.41. The third kappa shape index (κ3) is 3.03. The van der Waals surface area contributed by atoms with Crippen LogP contribution in [0.25, 0.3) is 0 Å². The largest absolute Gasteiger partial charge is 0.408 e. The molecule has 0 spiro atoms. The molecule has 1 aromatic carbocycles. The van der Waals surface area contributed by atoms with Crippen molar-refractivity contribution in [2.24, 2.45) is 5.16 Å². The Morgan fingerprint density at radius 3 is 3.06 bits per heavy atom. The molecule has 0 atom stereocenters. The lowest BCUT2D eigenvalue weighted by Gasteiger charge is -2.02. The molecule has 1 aromatic rings. The molecule has 0 fully saturated rings. The maximum Gasteiger partial charge on any atom is 0.316 e. The number of nitro groups is 1. The average Bonchev–Trinajstić information content (AvgIpc) is 2.82. The Morgan fingerprint density at radius 1 is 1.56 bits per heavy atom. The van der Waals surface area contributed by atoms with Crippen LogP contribution in [0.2, 0.25) is 0 Å². The van der Waals surface area contributed by atoms with Gasteiger partial charge in [0.15, 0.2) is 0 Å². The number of nitro benzene ring substituents is 1. The lowest BCUT2D eigenvalue weighted by atomic mass is 10.1. The van der Waals surface area contributed by atoms with Crippen molar-refractivity contribution < 1.29 is 19.3 Å². The number of ether oxygens (including phenoxy) is 1. The molecule has 0 aromatic heterocycles. The van der Waals surface area contributed by atoms with Crippen LogP contribution in [0.1, 0.15) is 12.0 Å². The Balaban J connectivity index is 1.98. The number of oxime groups is 1. The Morgan fingerprint density at radius 2 is 2.39 bits per heavy atom. The SMILES string of the molecule is O=C(Cc1cccc([N+](=O)[O-])c1)OC1=NOCC1. The molecule has 0 radical (unpaired) electrons. The third-order valence-corrected chi connectivity index (χ3v) is 2.28. The summed E-state index contributed by atoms with van der Waals surface area (Å²) in [6.07, 6.45) is 0.418. The van der Waals surface area contributed by atoms with Gasteiger partial charge in [-0.1, -0.05) is 17.3 Å². The molecule has 0 amide bonds. The van der Waals surface area contributed by atoms with E-state index in [-0.39, 0.29) is 18.0 Å². The fourth-order valence-electron chi connectivity index (χ4n) is 1.48. The molecule has 7 nitrogen and oxygen atoms in total. The Hall–Kier alpha value is -2.44. The van der Waals surface area contributed by atoms with Crippen LogP contribution in [0.5, 0.6) is 0 Å². The van der Waals surface area contributed by atoms with Gasteiger partial charge in [0.05, 0.1) is 17.8 Å². The maximum absolute atomic E-state index is 11.5. The van der Waals surface area contributed by atoms with Gasteiger partial charge in [0.2, 0.25) is 5.90 Å². The quantitative estimate of drug-likeness (QED) is 0.459. The zero-order valence-electron chi connectivity index (χ0n) is 9.37. The average molecular weight is 250 g/mol. The highest BCUT2D eigenvalue weighted by Gasteiger charge is 2.15. The van der Waals surface area contributed by atoms with Gasteiger partial charge in [-0.2, -0.15) is 0 Å². The Kier molecular flexibility index (Phi) is 3.52. The molecular weight excluding hydrogens is 240 g/mol. The van der Waals surface area contributed by atoms with Gasteiger partial charge < -0.3 is 9.57 Å². The van der Waals surface area contributed by atoms with Crippen molar-refractivity contribution in [3.05, 3.63) is 39.9 Å². The van der Waals surface area contributed by atoms with E-state index in [0.717, 1.165) is 0 Å². The van der Waals surface area contributed by atoms with Crippen LogP contribution in [0.3, 0.4) is 0 Å². The topological polar surface area (TPSA) is 91.0 Å². The Bertz CT molecular complexity index is 512. The standard InChI is InChI=1S/C11H10N2O5/c14-11(18-10-4-5-17-12-10)7-8-2-1-3-9(6-8)13(15)16/h1-3,6H,4-5,7H2. The van der Waals surface area contributed by atoms with E-state index >= 15 is 0 Å². The van der Waals surface area contributed by atoms with Gasteiger partial charge >= 0.3 is 5.97 Å². The zero-order valence-corrected chi connectivity index (χ0v) is 9.37. The zero-order chi connectivity index (χ0) is 13.0. The minimum atomic E-state index is -0.514.